The number of nitrogens with zero attached hydrogens (tertiary/aromatic N) is 1. The normalized spacial score (nSPS) is 13.6. The van der Waals surface area contributed by atoms with E-state index in [0.29, 0.717) is 19.3 Å². The van der Waals surface area contributed by atoms with Gasteiger partial charge in [0.05, 0.1) is 0 Å². The average molecular weight is 245 g/mol. The number of ketones is 1. The van der Waals surface area contributed by atoms with Gasteiger partial charge in [0.25, 0.3) is 0 Å². The summed E-state index contributed by atoms with van der Waals surface area (Å²) >= 11 is 0. The van der Waals surface area contributed by atoms with Gasteiger partial charge in [0.1, 0.15) is 0 Å². The van der Waals surface area contributed by atoms with E-state index in [2.05, 4.69) is 0 Å². The quantitative estimate of drug-likeness (QED) is 0.590. The topological polar surface area (TPSA) is 37.1 Å². The van der Waals surface area contributed by atoms with Gasteiger partial charge in [-0.15, -0.1) is 0 Å². The van der Waals surface area contributed by atoms with Crippen LogP contribution in [0.1, 0.15) is 40.7 Å². The monoisotopic (exact) mass is 245 g/mol. The van der Waals surface area contributed by atoms with E-state index in [1.54, 1.807) is 0 Å². The van der Waals surface area contributed by atoms with Gasteiger partial charge in [-0.1, -0.05) is 23.8 Å². The molecule has 0 aromatic heterocycles. The van der Waals surface area contributed by atoms with Gasteiger partial charge in [-0.25, -0.2) is 0 Å². The van der Waals surface area contributed by atoms with E-state index in [1.807, 2.05) is 36.9 Å². The first-order chi connectivity index (χ1) is 8.58. The first-order valence-electron chi connectivity index (χ1n) is 6.46. The molecule has 0 N–H and O–H groups in total. The Hall–Kier alpha value is -1.64. The van der Waals surface area contributed by atoms with Gasteiger partial charge in [-0.05, 0) is 25.8 Å². The van der Waals surface area contributed by atoms with Crippen LogP contribution in [-0.2, 0) is 4.79 Å². The number of aryl methyl sites for hydroxylation is 2. The van der Waals surface area contributed by atoms with Crippen molar-refractivity contribution in [3.05, 3.63) is 34.9 Å². The van der Waals surface area contributed by atoms with Gasteiger partial charge >= 0.3 is 0 Å². The van der Waals surface area contributed by atoms with Crippen molar-refractivity contribution in [1.29, 1.82) is 0 Å². The van der Waals surface area contributed by atoms with Gasteiger partial charge in [-0.3, -0.25) is 9.59 Å². The van der Waals surface area contributed by atoms with Crippen LogP contribution in [0.3, 0.4) is 0 Å². The number of hydrogen-bond acceptors (Lipinski definition) is 2. The third kappa shape index (κ3) is 3.19. The number of benzene rings is 1. The van der Waals surface area contributed by atoms with Gasteiger partial charge in [0.15, 0.2) is 5.78 Å². The predicted molar refractivity (Wildman–Crippen MR) is 70.7 cm³/mol. The van der Waals surface area contributed by atoms with Crippen LogP contribution in [0, 0.1) is 13.8 Å². The molecule has 0 saturated carbocycles. The molecule has 1 fully saturated rings. The molecule has 1 aliphatic rings. The second-order valence-electron chi connectivity index (χ2n) is 4.98. The van der Waals surface area contributed by atoms with E-state index >= 15 is 0 Å². The van der Waals surface area contributed by atoms with E-state index < -0.39 is 0 Å². The molecule has 1 heterocycles. The van der Waals surface area contributed by atoms with Crippen molar-refractivity contribution in [3.63, 3.8) is 0 Å². The molecule has 0 aliphatic carbocycles. The van der Waals surface area contributed by atoms with E-state index in [-0.39, 0.29) is 11.7 Å². The van der Waals surface area contributed by atoms with E-state index in [1.165, 1.54) is 5.56 Å². The molecule has 0 radical (unpaired) electrons. The highest BCUT2D eigenvalue weighted by Gasteiger charge is 2.23. The molecule has 3 heteroatoms. The summed E-state index contributed by atoms with van der Waals surface area (Å²) in [5.41, 5.74) is 2.98. The maximum absolute atomic E-state index is 12.0. The standard InChI is InChI=1S/C15H19NO2/c1-11-6-7-13(12(2)10-11)14(17)4-3-5-15(18)16-8-9-16/h6-7,10H,3-5,8-9H2,1-2H3. The Balaban J connectivity index is 1.85. The summed E-state index contributed by atoms with van der Waals surface area (Å²) in [6.07, 6.45) is 1.61. The zero-order chi connectivity index (χ0) is 13.1. The maximum Gasteiger partial charge on any atom is 0.222 e. The Kier molecular flexibility index (Phi) is 3.80. The molecule has 3 nitrogen and oxygen atoms in total. The van der Waals surface area contributed by atoms with Crippen LogP contribution in [0.15, 0.2) is 18.2 Å². The second-order valence-corrected chi connectivity index (χ2v) is 4.98. The van der Waals surface area contributed by atoms with Crippen LogP contribution in [0.4, 0.5) is 0 Å². The minimum absolute atomic E-state index is 0.145. The van der Waals surface area contributed by atoms with Crippen molar-refractivity contribution in [3.8, 4) is 0 Å². The van der Waals surface area contributed by atoms with E-state index in [0.717, 1.165) is 24.2 Å². The zero-order valence-corrected chi connectivity index (χ0v) is 11.0. The lowest BCUT2D eigenvalue weighted by Crippen LogP contribution is -2.11. The molecule has 1 amide bonds. The zero-order valence-electron chi connectivity index (χ0n) is 11.0. The van der Waals surface area contributed by atoms with Crippen molar-refractivity contribution in [2.75, 3.05) is 13.1 Å². The number of Topliss-reactive ketones (excluding diaryl/α,β-unsaturated/α-hetero) is 1. The Bertz CT molecular complexity index is 475. The molecule has 96 valence electrons. The number of hydrogen-bond donors (Lipinski definition) is 0. The molecule has 1 aliphatic heterocycles. The molecule has 2 rings (SSSR count). The molecule has 1 saturated heterocycles. The minimum Gasteiger partial charge on any atom is -0.339 e. The summed E-state index contributed by atoms with van der Waals surface area (Å²) in [5, 5.41) is 0. The largest absolute Gasteiger partial charge is 0.339 e. The fourth-order valence-corrected chi connectivity index (χ4v) is 2.12. The number of carbonyl (C=O) groups excluding carboxylic acids is 2. The predicted octanol–water partition coefficient (Wildman–Crippen LogP) is 2.50. The fraction of sp³-hybridized carbons (Fsp3) is 0.467. The molecular formula is C15H19NO2. The van der Waals surface area contributed by atoms with E-state index in [9.17, 15) is 9.59 Å². The molecule has 1 aromatic carbocycles. The van der Waals surface area contributed by atoms with Gasteiger partial charge in [-0.2, -0.15) is 0 Å². The van der Waals surface area contributed by atoms with Crippen molar-refractivity contribution >= 4 is 11.7 Å². The molecule has 18 heavy (non-hydrogen) atoms. The lowest BCUT2D eigenvalue weighted by Gasteiger charge is -2.06. The highest BCUT2D eigenvalue weighted by atomic mass is 16.2. The maximum atomic E-state index is 12.0. The molecule has 1 aromatic rings. The van der Waals surface area contributed by atoms with Crippen molar-refractivity contribution < 1.29 is 9.59 Å². The second kappa shape index (κ2) is 5.34. The van der Waals surface area contributed by atoms with E-state index in [4.69, 9.17) is 0 Å². The van der Waals surface area contributed by atoms with Gasteiger partial charge < -0.3 is 4.90 Å². The number of amides is 1. The van der Waals surface area contributed by atoms with Crippen LogP contribution in [0.25, 0.3) is 0 Å². The molecular weight excluding hydrogens is 226 g/mol. The lowest BCUT2D eigenvalue weighted by molar-refractivity contribution is -0.125. The summed E-state index contributed by atoms with van der Waals surface area (Å²) in [4.78, 5) is 25.3. The number of rotatable bonds is 5. The Labute approximate surface area is 108 Å². The smallest absolute Gasteiger partial charge is 0.222 e. The highest BCUT2D eigenvalue weighted by Crippen LogP contribution is 2.15. The summed E-state index contributed by atoms with van der Waals surface area (Å²) in [5.74, 6) is 0.328. The summed E-state index contributed by atoms with van der Waals surface area (Å²) in [7, 11) is 0. The molecule has 0 spiro atoms. The number of carbonyl (C=O) groups is 2. The van der Waals surface area contributed by atoms with Crippen LogP contribution < -0.4 is 0 Å². The summed E-state index contributed by atoms with van der Waals surface area (Å²) in [6.45, 7) is 5.76. The summed E-state index contributed by atoms with van der Waals surface area (Å²) in [6, 6.07) is 5.87. The third-order valence-electron chi connectivity index (χ3n) is 3.28. The third-order valence-corrected chi connectivity index (χ3v) is 3.28. The Morgan fingerprint density at radius 2 is 1.89 bits per heavy atom. The molecule has 0 unspecified atom stereocenters. The summed E-state index contributed by atoms with van der Waals surface area (Å²) < 4.78 is 0. The first-order valence-corrected chi connectivity index (χ1v) is 6.46. The first kappa shape index (κ1) is 12.8. The van der Waals surface area contributed by atoms with Crippen molar-refractivity contribution in [2.45, 2.75) is 33.1 Å². The van der Waals surface area contributed by atoms with Crippen LogP contribution >= 0.6 is 0 Å². The van der Waals surface area contributed by atoms with Crippen LogP contribution in [0.5, 0.6) is 0 Å². The van der Waals surface area contributed by atoms with Crippen molar-refractivity contribution in [2.24, 2.45) is 0 Å². The van der Waals surface area contributed by atoms with Crippen molar-refractivity contribution in [1.82, 2.24) is 4.90 Å². The Morgan fingerprint density at radius 1 is 1.17 bits per heavy atom. The minimum atomic E-state index is 0.145. The van der Waals surface area contributed by atoms with Crippen LogP contribution in [0.2, 0.25) is 0 Å². The van der Waals surface area contributed by atoms with Crippen LogP contribution in [-0.4, -0.2) is 29.7 Å². The SMILES string of the molecule is Cc1ccc(C(=O)CCCC(=O)N2CC2)c(C)c1. The fourth-order valence-electron chi connectivity index (χ4n) is 2.12. The Morgan fingerprint density at radius 3 is 2.50 bits per heavy atom. The molecule has 0 bridgehead atoms. The lowest BCUT2D eigenvalue weighted by atomic mass is 9.99. The van der Waals surface area contributed by atoms with Gasteiger partial charge in [0.2, 0.25) is 5.91 Å². The molecule has 0 atom stereocenters. The highest BCUT2D eigenvalue weighted by molar-refractivity contribution is 5.97. The van der Waals surface area contributed by atoms with Gasteiger partial charge in [0, 0.05) is 31.5 Å². The average Bonchev–Trinajstić information content (AvgIpc) is 3.12.